The van der Waals surface area contributed by atoms with Crippen LogP contribution in [0.2, 0.25) is 0 Å². The number of imidazole rings is 1. The number of pyridine rings is 1. The van der Waals surface area contributed by atoms with Gasteiger partial charge in [0.25, 0.3) is 0 Å². The van der Waals surface area contributed by atoms with Gasteiger partial charge in [0.2, 0.25) is 0 Å². The number of nitriles is 1. The summed E-state index contributed by atoms with van der Waals surface area (Å²) in [6.07, 6.45) is 6.43. The number of nitrogens with zero attached hydrogens (tertiary/aromatic N) is 4. The van der Waals surface area contributed by atoms with E-state index in [2.05, 4.69) is 21.4 Å². The third kappa shape index (κ3) is 2.79. The van der Waals surface area contributed by atoms with Gasteiger partial charge in [-0.15, -0.1) is 0 Å². The van der Waals surface area contributed by atoms with Gasteiger partial charge in [0.05, 0.1) is 17.6 Å². The van der Waals surface area contributed by atoms with Crippen LogP contribution in [0.15, 0.2) is 55.2 Å². The summed E-state index contributed by atoms with van der Waals surface area (Å²) in [7, 11) is 0. The molecule has 0 atom stereocenters. The molecule has 0 saturated carbocycles. The molecule has 0 bridgehead atoms. The first-order chi connectivity index (χ1) is 10.8. The van der Waals surface area contributed by atoms with Crippen molar-refractivity contribution in [2.75, 3.05) is 5.32 Å². The molecule has 0 aliphatic heterocycles. The molecular formula is C16H12FN5. The standard InChI is InChI=1S/C16H12FN5/c17-14-8-12(3-4-15(14)22-7-6-19-11-22)10-21-16-13(9-18)2-1-5-20-16/h1-8,11H,10H2,(H,20,21). The highest BCUT2D eigenvalue weighted by molar-refractivity contribution is 5.51. The van der Waals surface area contributed by atoms with Crippen molar-refractivity contribution in [2.24, 2.45) is 0 Å². The lowest BCUT2D eigenvalue weighted by Crippen LogP contribution is -2.04. The second-order valence-electron chi connectivity index (χ2n) is 4.62. The Balaban J connectivity index is 1.77. The van der Waals surface area contributed by atoms with Crippen molar-refractivity contribution in [1.82, 2.24) is 14.5 Å². The maximum Gasteiger partial charge on any atom is 0.147 e. The fraction of sp³-hybridized carbons (Fsp3) is 0.0625. The Labute approximate surface area is 126 Å². The van der Waals surface area contributed by atoms with E-state index in [0.717, 1.165) is 5.56 Å². The zero-order chi connectivity index (χ0) is 15.4. The maximum absolute atomic E-state index is 14.1. The first kappa shape index (κ1) is 13.8. The number of anilines is 1. The summed E-state index contributed by atoms with van der Waals surface area (Å²) in [4.78, 5) is 8.01. The smallest absolute Gasteiger partial charge is 0.147 e. The quantitative estimate of drug-likeness (QED) is 0.803. The average molecular weight is 293 g/mol. The summed E-state index contributed by atoms with van der Waals surface area (Å²) in [5, 5.41) is 12.0. The van der Waals surface area contributed by atoms with Gasteiger partial charge in [-0.05, 0) is 29.8 Å². The van der Waals surface area contributed by atoms with Gasteiger partial charge < -0.3 is 9.88 Å². The normalized spacial score (nSPS) is 10.2. The summed E-state index contributed by atoms with van der Waals surface area (Å²) in [6, 6.07) is 10.4. The summed E-state index contributed by atoms with van der Waals surface area (Å²) >= 11 is 0. The van der Waals surface area contributed by atoms with Crippen molar-refractivity contribution in [3.05, 3.63) is 72.2 Å². The van der Waals surface area contributed by atoms with Gasteiger partial charge in [0.1, 0.15) is 17.7 Å². The third-order valence-corrected chi connectivity index (χ3v) is 3.18. The SMILES string of the molecule is N#Cc1cccnc1NCc1ccc(-n2ccnc2)c(F)c1. The zero-order valence-electron chi connectivity index (χ0n) is 11.6. The van der Waals surface area contributed by atoms with Crippen LogP contribution in [0.25, 0.3) is 5.69 Å². The highest BCUT2D eigenvalue weighted by atomic mass is 19.1. The van der Waals surface area contributed by atoms with Crippen LogP contribution < -0.4 is 5.32 Å². The van der Waals surface area contributed by atoms with Gasteiger partial charge in [0.15, 0.2) is 0 Å². The molecule has 0 fully saturated rings. The molecule has 0 radical (unpaired) electrons. The lowest BCUT2D eigenvalue weighted by Gasteiger charge is -2.09. The Hall–Kier alpha value is -3.20. The van der Waals surface area contributed by atoms with Crippen molar-refractivity contribution in [1.29, 1.82) is 5.26 Å². The van der Waals surface area contributed by atoms with Crippen molar-refractivity contribution < 1.29 is 4.39 Å². The molecule has 2 aromatic heterocycles. The molecule has 0 saturated heterocycles. The van der Waals surface area contributed by atoms with Crippen molar-refractivity contribution in [3.63, 3.8) is 0 Å². The predicted octanol–water partition coefficient (Wildman–Crippen LogP) is 2.89. The molecule has 1 aromatic carbocycles. The van der Waals surface area contributed by atoms with Gasteiger partial charge in [-0.1, -0.05) is 6.07 Å². The molecule has 0 aliphatic carbocycles. The number of benzene rings is 1. The number of nitrogens with one attached hydrogen (secondary N) is 1. The minimum absolute atomic E-state index is 0.334. The maximum atomic E-state index is 14.1. The second kappa shape index (κ2) is 6.06. The highest BCUT2D eigenvalue weighted by Gasteiger charge is 2.06. The Bertz CT molecular complexity index is 821. The van der Waals surface area contributed by atoms with Crippen LogP contribution in [0.1, 0.15) is 11.1 Å². The average Bonchev–Trinajstić information content (AvgIpc) is 3.07. The molecule has 0 amide bonds. The van der Waals surface area contributed by atoms with Crippen molar-refractivity contribution in [2.45, 2.75) is 6.54 Å². The third-order valence-electron chi connectivity index (χ3n) is 3.18. The molecule has 3 rings (SSSR count). The molecule has 0 spiro atoms. The molecular weight excluding hydrogens is 281 g/mol. The van der Waals surface area contributed by atoms with Crippen LogP contribution in [-0.2, 0) is 6.54 Å². The summed E-state index contributed by atoms with van der Waals surface area (Å²) in [5.41, 5.74) is 1.66. The largest absolute Gasteiger partial charge is 0.365 e. The van der Waals surface area contributed by atoms with E-state index in [0.29, 0.717) is 23.6 Å². The van der Waals surface area contributed by atoms with Crippen LogP contribution in [0.4, 0.5) is 10.2 Å². The molecule has 108 valence electrons. The fourth-order valence-electron chi connectivity index (χ4n) is 2.09. The molecule has 2 heterocycles. The number of hydrogen-bond donors (Lipinski definition) is 1. The van der Waals surface area contributed by atoms with E-state index in [-0.39, 0.29) is 5.82 Å². The van der Waals surface area contributed by atoms with Crippen molar-refractivity contribution >= 4 is 5.82 Å². The lowest BCUT2D eigenvalue weighted by atomic mass is 10.2. The number of hydrogen-bond acceptors (Lipinski definition) is 4. The minimum atomic E-state index is -0.334. The summed E-state index contributed by atoms with van der Waals surface area (Å²) in [5.74, 6) is 0.155. The van der Waals surface area contributed by atoms with Crippen LogP contribution in [-0.4, -0.2) is 14.5 Å². The van der Waals surface area contributed by atoms with E-state index in [4.69, 9.17) is 5.26 Å². The Kier molecular flexibility index (Phi) is 3.79. The topological polar surface area (TPSA) is 66.5 Å². The summed E-state index contributed by atoms with van der Waals surface area (Å²) in [6.45, 7) is 0.382. The number of aromatic nitrogens is 3. The summed E-state index contributed by atoms with van der Waals surface area (Å²) < 4.78 is 15.8. The Morgan fingerprint density at radius 3 is 2.91 bits per heavy atom. The lowest BCUT2D eigenvalue weighted by molar-refractivity contribution is 0.616. The van der Waals surface area contributed by atoms with Gasteiger partial charge >= 0.3 is 0 Å². The first-order valence-electron chi connectivity index (χ1n) is 6.63. The van der Waals surface area contributed by atoms with E-state index in [1.165, 1.54) is 6.07 Å². The van der Waals surface area contributed by atoms with Crippen LogP contribution >= 0.6 is 0 Å². The van der Waals surface area contributed by atoms with Gasteiger partial charge in [-0.3, -0.25) is 0 Å². The predicted molar refractivity (Wildman–Crippen MR) is 79.8 cm³/mol. The molecule has 3 aromatic rings. The molecule has 1 N–H and O–H groups in total. The molecule has 5 nitrogen and oxygen atoms in total. The number of halogens is 1. The molecule has 22 heavy (non-hydrogen) atoms. The van der Waals surface area contributed by atoms with Gasteiger partial charge in [0, 0.05) is 25.1 Å². The van der Waals surface area contributed by atoms with E-state index >= 15 is 0 Å². The van der Waals surface area contributed by atoms with E-state index in [9.17, 15) is 4.39 Å². The number of rotatable bonds is 4. The molecule has 0 aliphatic rings. The minimum Gasteiger partial charge on any atom is -0.365 e. The second-order valence-corrected chi connectivity index (χ2v) is 4.62. The van der Waals surface area contributed by atoms with Crippen LogP contribution in [0.3, 0.4) is 0 Å². The van der Waals surface area contributed by atoms with Gasteiger partial charge in [-0.25, -0.2) is 14.4 Å². The van der Waals surface area contributed by atoms with Crippen LogP contribution in [0, 0.1) is 17.1 Å². The molecule has 0 unspecified atom stereocenters. The first-order valence-corrected chi connectivity index (χ1v) is 6.63. The zero-order valence-corrected chi connectivity index (χ0v) is 11.6. The molecule has 6 heteroatoms. The fourth-order valence-corrected chi connectivity index (χ4v) is 2.09. The van der Waals surface area contributed by atoms with Crippen molar-refractivity contribution in [3.8, 4) is 11.8 Å². The van der Waals surface area contributed by atoms with E-state index < -0.39 is 0 Å². The monoisotopic (exact) mass is 293 g/mol. The van der Waals surface area contributed by atoms with E-state index in [1.54, 1.807) is 47.7 Å². The van der Waals surface area contributed by atoms with Crippen LogP contribution in [0.5, 0.6) is 0 Å². The Morgan fingerprint density at radius 2 is 2.18 bits per heavy atom. The highest BCUT2D eigenvalue weighted by Crippen LogP contribution is 2.17. The van der Waals surface area contributed by atoms with E-state index in [1.807, 2.05) is 6.07 Å². The Morgan fingerprint density at radius 1 is 1.27 bits per heavy atom. The van der Waals surface area contributed by atoms with Gasteiger partial charge in [-0.2, -0.15) is 5.26 Å².